The highest BCUT2D eigenvalue weighted by Gasteiger charge is 2.32. The summed E-state index contributed by atoms with van der Waals surface area (Å²) in [5.41, 5.74) is 0. The van der Waals surface area contributed by atoms with E-state index in [9.17, 15) is 9.59 Å². The van der Waals surface area contributed by atoms with Gasteiger partial charge >= 0.3 is 12.0 Å². The molecule has 6 nitrogen and oxygen atoms in total. The average Bonchev–Trinajstić information content (AvgIpc) is 3.19. The van der Waals surface area contributed by atoms with E-state index in [1.165, 1.54) is 12.8 Å². The van der Waals surface area contributed by atoms with Gasteiger partial charge in [0, 0.05) is 32.2 Å². The van der Waals surface area contributed by atoms with Crippen molar-refractivity contribution in [3.63, 3.8) is 0 Å². The Kier molecular flexibility index (Phi) is 4.06. The van der Waals surface area contributed by atoms with Gasteiger partial charge in [-0.25, -0.2) is 9.59 Å². The third kappa shape index (κ3) is 3.13. The summed E-state index contributed by atoms with van der Waals surface area (Å²) in [5, 5.41) is 11.5. The molecule has 2 fully saturated rings. The zero-order valence-corrected chi connectivity index (χ0v) is 10.8. The predicted molar refractivity (Wildman–Crippen MR) is 66.4 cm³/mol. The van der Waals surface area contributed by atoms with E-state index in [0.29, 0.717) is 19.5 Å². The van der Waals surface area contributed by atoms with Crippen LogP contribution in [0.25, 0.3) is 0 Å². The molecule has 1 saturated carbocycles. The monoisotopic (exact) mass is 255 g/mol. The second kappa shape index (κ2) is 5.56. The van der Waals surface area contributed by atoms with Crippen molar-refractivity contribution in [1.82, 2.24) is 15.1 Å². The van der Waals surface area contributed by atoms with Gasteiger partial charge in [0.1, 0.15) is 6.04 Å². The lowest BCUT2D eigenvalue weighted by Gasteiger charge is -2.35. The fourth-order valence-corrected chi connectivity index (χ4v) is 2.31. The lowest BCUT2D eigenvalue weighted by Crippen LogP contribution is -2.54. The number of urea groups is 1. The molecule has 0 aromatic heterocycles. The van der Waals surface area contributed by atoms with E-state index >= 15 is 0 Å². The Morgan fingerprint density at radius 3 is 2.33 bits per heavy atom. The normalized spacial score (nSPS) is 22.6. The maximum atomic E-state index is 11.9. The fourth-order valence-electron chi connectivity index (χ4n) is 2.31. The molecule has 0 aromatic carbocycles. The molecule has 0 radical (unpaired) electrons. The molecule has 1 atom stereocenters. The van der Waals surface area contributed by atoms with Crippen molar-refractivity contribution >= 4 is 12.0 Å². The van der Waals surface area contributed by atoms with E-state index in [1.54, 1.807) is 11.8 Å². The molecule has 18 heavy (non-hydrogen) atoms. The number of aliphatic carboxylic acids is 1. The first kappa shape index (κ1) is 13.1. The van der Waals surface area contributed by atoms with E-state index in [0.717, 1.165) is 19.1 Å². The van der Waals surface area contributed by atoms with Crippen molar-refractivity contribution in [2.45, 2.75) is 38.3 Å². The van der Waals surface area contributed by atoms with Crippen LogP contribution in [-0.2, 0) is 4.79 Å². The van der Waals surface area contributed by atoms with Gasteiger partial charge in [-0.05, 0) is 19.3 Å². The highest BCUT2D eigenvalue weighted by Crippen LogP contribution is 2.27. The van der Waals surface area contributed by atoms with E-state index < -0.39 is 12.0 Å². The molecule has 2 amide bonds. The van der Waals surface area contributed by atoms with Crippen molar-refractivity contribution in [2.75, 3.05) is 26.2 Å². The number of nitrogens with one attached hydrogen (secondary N) is 1. The lowest BCUT2D eigenvalue weighted by atomic mass is 10.2. The molecule has 2 rings (SSSR count). The maximum Gasteiger partial charge on any atom is 0.326 e. The lowest BCUT2D eigenvalue weighted by molar-refractivity contribution is -0.139. The van der Waals surface area contributed by atoms with Gasteiger partial charge in [0.25, 0.3) is 0 Å². The van der Waals surface area contributed by atoms with Crippen LogP contribution in [0, 0.1) is 0 Å². The zero-order valence-electron chi connectivity index (χ0n) is 10.8. The van der Waals surface area contributed by atoms with Gasteiger partial charge in [0.05, 0.1) is 0 Å². The summed E-state index contributed by atoms with van der Waals surface area (Å²) in [6, 6.07) is -0.295. The smallest absolute Gasteiger partial charge is 0.326 e. The van der Waals surface area contributed by atoms with Crippen LogP contribution in [0.1, 0.15) is 26.2 Å². The number of nitrogens with zero attached hydrogens (tertiary/aromatic N) is 2. The van der Waals surface area contributed by atoms with Crippen LogP contribution >= 0.6 is 0 Å². The minimum atomic E-state index is -0.970. The van der Waals surface area contributed by atoms with Crippen LogP contribution in [0.3, 0.4) is 0 Å². The first-order valence-electron chi connectivity index (χ1n) is 6.64. The minimum Gasteiger partial charge on any atom is -0.480 e. The van der Waals surface area contributed by atoms with Gasteiger partial charge in [0.2, 0.25) is 0 Å². The number of piperazine rings is 1. The molecule has 2 aliphatic rings. The zero-order chi connectivity index (χ0) is 13.1. The van der Waals surface area contributed by atoms with Crippen molar-refractivity contribution in [3.05, 3.63) is 0 Å². The van der Waals surface area contributed by atoms with Crippen LogP contribution in [0.5, 0.6) is 0 Å². The number of hydrogen-bond donors (Lipinski definition) is 2. The summed E-state index contributed by atoms with van der Waals surface area (Å²) in [7, 11) is 0. The first-order chi connectivity index (χ1) is 8.61. The average molecular weight is 255 g/mol. The molecule has 2 N–H and O–H groups in total. The molecule has 102 valence electrons. The van der Waals surface area contributed by atoms with Crippen LogP contribution < -0.4 is 5.32 Å². The van der Waals surface area contributed by atoms with Crippen molar-refractivity contribution in [1.29, 1.82) is 0 Å². The Morgan fingerprint density at radius 1 is 1.28 bits per heavy atom. The molecule has 1 aliphatic carbocycles. The van der Waals surface area contributed by atoms with Crippen molar-refractivity contribution in [2.24, 2.45) is 0 Å². The van der Waals surface area contributed by atoms with Gasteiger partial charge in [-0.1, -0.05) is 6.92 Å². The van der Waals surface area contributed by atoms with E-state index in [2.05, 4.69) is 10.2 Å². The molecule has 0 spiro atoms. The summed E-state index contributed by atoms with van der Waals surface area (Å²) < 4.78 is 0. The van der Waals surface area contributed by atoms with Gasteiger partial charge in [0.15, 0.2) is 0 Å². The maximum absolute atomic E-state index is 11.9. The predicted octanol–water partition coefficient (Wildman–Crippen LogP) is 0.339. The number of hydrogen-bond acceptors (Lipinski definition) is 3. The van der Waals surface area contributed by atoms with Crippen molar-refractivity contribution < 1.29 is 14.7 Å². The summed E-state index contributed by atoms with van der Waals surface area (Å²) >= 11 is 0. The summed E-state index contributed by atoms with van der Waals surface area (Å²) in [6.07, 6.45) is 2.97. The number of amides is 2. The third-order valence-corrected chi connectivity index (χ3v) is 3.67. The minimum absolute atomic E-state index is 0.250. The molecular weight excluding hydrogens is 234 g/mol. The fraction of sp³-hybridized carbons (Fsp3) is 0.833. The Balaban J connectivity index is 1.77. The molecule has 0 unspecified atom stereocenters. The molecule has 0 bridgehead atoms. The number of carboxylic acids is 1. The Hall–Kier alpha value is -1.30. The second-order valence-corrected chi connectivity index (χ2v) is 5.00. The number of carbonyl (C=O) groups excluding carboxylic acids is 1. The van der Waals surface area contributed by atoms with E-state index in [4.69, 9.17) is 5.11 Å². The van der Waals surface area contributed by atoms with Crippen LogP contribution in [0.15, 0.2) is 0 Å². The molecule has 6 heteroatoms. The van der Waals surface area contributed by atoms with E-state index in [-0.39, 0.29) is 6.03 Å². The summed E-state index contributed by atoms with van der Waals surface area (Å²) in [6.45, 7) is 4.95. The number of carbonyl (C=O) groups is 2. The topological polar surface area (TPSA) is 72.9 Å². The molecule has 1 heterocycles. The molecule has 1 saturated heterocycles. The first-order valence-corrected chi connectivity index (χ1v) is 6.64. The Morgan fingerprint density at radius 2 is 1.89 bits per heavy atom. The standard InChI is InChI=1S/C12H21N3O3/c1-2-10(11(16)17)13-12(18)15-7-5-14(6-8-15)9-3-4-9/h9-10H,2-8H2,1H3,(H,13,18)(H,16,17)/t10-/m0/s1. The molecule has 0 aromatic rings. The van der Waals surface area contributed by atoms with Crippen molar-refractivity contribution in [3.8, 4) is 0 Å². The number of rotatable bonds is 4. The third-order valence-electron chi connectivity index (χ3n) is 3.67. The van der Waals surface area contributed by atoms with Crippen LogP contribution in [0.4, 0.5) is 4.79 Å². The Labute approximate surface area is 107 Å². The van der Waals surface area contributed by atoms with Crippen LogP contribution in [-0.4, -0.2) is 65.2 Å². The second-order valence-electron chi connectivity index (χ2n) is 5.00. The SMILES string of the molecule is CC[C@H](NC(=O)N1CCN(C2CC2)CC1)C(=O)O. The quantitative estimate of drug-likeness (QED) is 0.760. The van der Waals surface area contributed by atoms with Gasteiger partial charge in [-0.2, -0.15) is 0 Å². The largest absolute Gasteiger partial charge is 0.480 e. The van der Waals surface area contributed by atoms with Gasteiger partial charge in [-0.3, -0.25) is 4.90 Å². The summed E-state index contributed by atoms with van der Waals surface area (Å²) in [5.74, 6) is -0.970. The highest BCUT2D eigenvalue weighted by molar-refractivity contribution is 5.82. The highest BCUT2D eigenvalue weighted by atomic mass is 16.4. The number of carboxylic acid groups (broad SMARTS) is 1. The molecule has 1 aliphatic heterocycles. The van der Waals surface area contributed by atoms with Crippen LogP contribution in [0.2, 0.25) is 0 Å². The van der Waals surface area contributed by atoms with Gasteiger partial charge < -0.3 is 15.3 Å². The Bertz CT molecular complexity index is 323. The van der Waals surface area contributed by atoms with E-state index in [1.807, 2.05) is 0 Å². The molecular formula is C12H21N3O3. The van der Waals surface area contributed by atoms with Gasteiger partial charge in [-0.15, -0.1) is 0 Å². The summed E-state index contributed by atoms with van der Waals surface area (Å²) in [4.78, 5) is 26.9.